The zero-order valence-electron chi connectivity index (χ0n) is 14.1. The number of amides is 2. The first-order chi connectivity index (χ1) is 12.1. The number of para-hydroxylation sites is 1. The molecule has 0 saturated heterocycles. The first kappa shape index (κ1) is 18.4. The van der Waals surface area contributed by atoms with Gasteiger partial charge in [-0.05, 0) is 43.3 Å². The molecule has 2 amide bonds. The molecule has 136 valence electrons. The first-order valence-corrected chi connectivity index (χ1v) is 10.00. The SMILES string of the molecule is CN1C(=O)C(C)(C(=O)Nc2ccc(S(N)(=O)=O)cc2)Sc2ccccc21. The number of rotatable bonds is 3. The number of carbonyl (C=O) groups is 2. The molecule has 3 rings (SSSR count). The third kappa shape index (κ3) is 3.20. The van der Waals surface area contributed by atoms with Crippen LogP contribution in [0.15, 0.2) is 58.3 Å². The number of nitrogens with one attached hydrogen (secondary N) is 1. The normalized spacial score (nSPS) is 19.8. The van der Waals surface area contributed by atoms with Crippen LogP contribution in [0.1, 0.15) is 6.92 Å². The van der Waals surface area contributed by atoms with E-state index in [1.807, 2.05) is 24.3 Å². The van der Waals surface area contributed by atoms with Gasteiger partial charge in [0, 0.05) is 17.6 Å². The highest BCUT2D eigenvalue weighted by atomic mass is 32.2. The van der Waals surface area contributed by atoms with Gasteiger partial charge in [-0.15, -0.1) is 0 Å². The van der Waals surface area contributed by atoms with E-state index in [0.29, 0.717) is 5.69 Å². The van der Waals surface area contributed by atoms with Crippen molar-refractivity contribution in [3.63, 3.8) is 0 Å². The summed E-state index contributed by atoms with van der Waals surface area (Å²) in [5, 5.41) is 7.73. The Morgan fingerprint density at radius 2 is 1.77 bits per heavy atom. The van der Waals surface area contributed by atoms with Gasteiger partial charge in [-0.1, -0.05) is 23.9 Å². The third-order valence-corrected chi connectivity index (χ3v) is 6.39. The van der Waals surface area contributed by atoms with Crippen molar-refractivity contribution in [3.8, 4) is 0 Å². The minimum Gasteiger partial charge on any atom is -0.324 e. The van der Waals surface area contributed by atoms with Crippen LogP contribution >= 0.6 is 11.8 Å². The fraction of sp³-hybridized carbons (Fsp3) is 0.176. The van der Waals surface area contributed by atoms with Gasteiger partial charge in [0.05, 0.1) is 10.6 Å². The lowest BCUT2D eigenvalue weighted by atomic mass is 10.1. The topological polar surface area (TPSA) is 110 Å². The Kier molecular flexibility index (Phi) is 4.55. The minimum atomic E-state index is -3.81. The number of nitrogens with zero attached hydrogens (tertiary/aromatic N) is 1. The summed E-state index contributed by atoms with van der Waals surface area (Å²) in [4.78, 5) is 27.8. The van der Waals surface area contributed by atoms with Crippen molar-refractivity contribution in [3.05, 3.63) is 48.5 Å². The second kappa shape index (κ2) is 6.42. The maximum Gasteiger partial charge on any atom is 0.252 e. The molecule has 0 saturated carbocycles. The van der Waals surface area contributed by atoms with Crippen molar-refractivity contribution in [2.24, 2.45) is 5.14 Å². The van der Waals surface area contributed by atoms with Crippen molar-refractivity contribution in [2.45, 2.75) is 21.5 Å². The van der Waals surface area contributed by atoms with E-state index in [4.69, 9.17) is 5.14 Å². The molecule has 0 fully saturated rings. The fourth-order valence-electron chi connectivity index (χ4n) is 2.64. The molecule has 9 heteroatoms. The summed E-state index contributed by atoms with van der Waals surface area (Å²) < 4.78 is 21.2. The lowest BCUT2D eigenvalue weighted by Crippen LogP contribution is -2.53. The monoisotopic (exact) mass is 391 g/mol. The molecule has 0 aromatic heterocycles. The van der Waals surface area contributed by atoms with E-state index in [2.05, 4.69) is 5.32 Å². The number of primary sulfonamides is 1. The highest BCUT2D eigenvalue weighted by molar-refractivity contribution is 8.02. The predicted molar refractivity (Wildman–Crippen MR) is 101 cm³/mol. The van der Waals surface area contributed by atoms with Crippen LogP contribution in [0.3, 0.4) is 0 Å². The van der Waals surface area contributed by atoms with E-state index < -0.39 is 20.7 Å². The molecule has 3 N–H and O–H groups in total. The minimum absolute atomic E-state index is 0.0570. The van der Waals surface area contributed by atoms with Gasteiger partial charge in [-0.2, -0.15) is 0 Å². The molecule has 0 aliphatic carbocycles. The molecular weight excluding hydrogens is 374 g/mol. The number of thioether (sulfide) groups is 1. The second-order valence-electron chi connectivity index (χ2n) is 5.99. The van der Waals surface area contributed by atoms with Crippen LogP contribution in [0.25, 0.3) is 0 Å². The number of fused-ring (bicyclic) bond motifs is 1. The van der Waals surface area contributed by atoms with Gasteiger partial charge in [0.25, 0.3) is 5.91 Å². The highest BCUT2D eigenvalue weighted by Crippen LogP contribution is 2.45. The number of nitrogens with two attached hydrogens (primary N) is 1. The number of hydrogen-bond acceptors (Lipinski definition) is 5. The average molecular weight is 391 g/mol. The second-order valence-corrected chi connectivity index (χ2v) is 9.01. The summed E-state index contributed by atoms with van der Waals surface area (Å²) in [7, 11) is -2.18. The Morgan fingerprint density at radius 3 is 2.38 bits per heavy atom. The van der Waals surface area contributed by atoms with Crippen LogP contribution in [0.4, 0.5) is 11.4 Å². The quantitative estimate of drug-likeness (QED) is 0.776. The Labute approximate surface area is 155 Å². The van der Waals surface area contributed by atoms with Gasteiger partial charge >= 0.3 is 0 Å². The number of carbonyl (C=O) groups excluding carboxylic acids is 2. The Morgan fingerprint density at radius 1 is 1.15 bits per heavy atom. The van der Waals surface area contributed by atoms with Crippen molar-refractivity contribution in [1.82, 2.24) is 0 Å². The van der Waals surface area contributed by atoms with E-state index in [0.717, 1.165) is 10.6 Å². The lowest BCUT2D eigenvalue weighted by molar-refractivity contribution is -0.128. The van der Waals surface area contributed by atoms with Crippen LogP contribution in [-0.4, -0.2) is 32.0 Å². The average Bonchev–Trinajstić information content (AvgIpc) is 2.59. The molecule has 7 nitrogen and oxygen atoms in total. The zero-order chi connectivity index (χ0) is 19.1. The zero-order valence-corrected chi connectivity index (χ0v) is 15.7. The van der Waals surface area contributed by atoms with Crippen LogP contribution in [0, 0.1) is 0 Å². The van der Waals surface area contributed by atoms with Crippen molar-refractivity contribution in [2.75, 3.05) is 17.3 Å². The fourth-order valence-corrected chi connectivity index (χ4v) is 4.41. The summed E-state index contributed by atoms with van der Waals surface area (Å²) in [6, 6.07) is 12.8. The van der Waals surface area contributed by atoms with Gasteiger partial charge in [0.1, 0.15) is 0 Å². The van der Waals surface area contributed by atoms with Gasteiger partial charge in [-0.3, -0.25) is 9.59 Å². The van der Waals surface area contributed by atoms with E-state index in [-0.39, 0.29) is 10.8 Å². The number of hydrogen-bond donors (Lipinski definition) is 2. The number of benzene rings is 2. The maximum atomic E-state index is 12.8. The van der Waals surface area contributed by atoms with E-state index in [1.54, 1.807) is 14.0 Å². The lowest BCUT2D eigenvalue weighted by Gasteiger charge is -2.36. The summed E-state index contributed by atoms with van der Waals surface area (Å²) in [5.74, 6) is -0.822. The number of sulfonamides is 1. The standard InChI is InChI=1S/C17H17N3O4S2/c1-17(16(22)20(2)13-5-3-4-6-14(13)25-17)15(21)19-11-7-9-12(10-8-11)26(18,23)24/h3-10H,1-2H3,(H,19,21)(H2,18,23,24). The van der Waals surface area contributed by atoms with E-state index >= 15 is 0 Å². The molecule has 2 aromatic carbocycles. The highest BCUT2D eigenvalue weighted by Gasteiger charge is 2.48. The maximum absolute atomic E-state index is 12.8. The van der Waals surface area contributed by atoms with Gasteiger partial charge in [0.15, 0.2) is 4.75 Å². The Hall–Kier alpha value is -2.36. The van der Waals surface area contributed by atoms with Gasteiger partial charge in [-0.25, -0.2) is 13.6 Å². The first-order valence-electron chi connectivity index (χ1n) is 7.63. The molecule has 1 aliphatic rings. The Balaban J connectivity index is 1.86. The summed E-state index contributed by atoms with van der Waals surface area (Å²) >= 11 is 1.19. The molecule has 1 atom stereocenters. The van der Waals surface area contributed by atoms with Crippen LogP contribution in [0.5, 0.6) is 0 Å². The van der Waals surface area contributed by atoms with Crippen molar-refractivity contribution < 1.29 is 18.0 Å². The summed E-state index contributed by atoms with van der Waals surface area (Å²) in [6.07, 6.45) is 0. The molecular formula is C17H17N3O4S2. The molecule has 1 unspecified atom stereocenters. The third-order valence-electron chi connectivity index (χ3n) is 4.13. The predicted octanol–water partition coefficient (Wildman–Crippen LogP) is 1.80. The van der Waals surface area contributed by atoms with Crippen molar-refractivity contribution in [1.29, 1.82) is 0 Å². The van der Waals surface area contributed by atoms with E-state index in [1.165, 1.54) is 40.9 Å². The molecule has 0 bridgehead atoms. The summed E-state index contributed by atoms with van der Waals surface area (Å²) in [5.41, 5.74) is 1.13. The van der Waals surface area contributed by atoms with Gasteiger partial charge < -0.3 is 10.2 Å². The number of anilines is 2. The van der Waals surface area contributed by atoms with E-state index in [9.17, 15) is 18.0 Å². The van der Waals surface area contributed by atoms with Gasteiger partial charge in [0.2, 0.25) is 15.9 Å². The summed E-state index contributed by atoms with van der Waals surface area (Å²) in [6.45, 7) is 1.57. The smallest absolute Gasteiger partial charge is 0.252 e. The largest absolute Gasteiger partial charge is 0.324 e. The molecule has 1 heterocycles. The van der Waals surface area contributed by atoms with Crippen LogP contribution in [-0.2, 0) is 19.6 Å². The molecule has 1 aliphatic heterocycles. The molecule has 0 spiro atoms. The van der Waals surface area contributed by atoms with Crippen LogP contribution in [0.2, 0.25) is 0 Å². The van der Waals surface area contributed by atoms with Crippen molar-refractivity contribution >= 4 is 45.0 Å². The molecule has 0 radical (unpaired) electrons. The Bertz CT molecular complexity index is 989. The van der Waals surface area contributed by atoms with Crippen LogP contribution < -0.4 is 15.4 Å². The molecule has 26 heavy (non-hydrogen) atoms. The molecule has 2 aromatic rings.